The summed E-state index contributed by atoms with van der Waals surface area (Å²) in [5.41, 5.74) is 0. The maximum absolute atomic E-state index is 12.0. The van der Waals surface area contributed by atoms with Crippen LogP contribution in [0.25, 0.3) is 0 Å². The molecular formula is C16H20INO4. The number of hydrogen-bond donors (Lipinski definition) is 1. The summed E-state index contributed by atoms with van der Waals surface area (Å²) in [6.45, 7) is 2.37. The Morgan fingerprint density at radius 1 is 1.41 bits per heavy atom. The molecule has 1 rings (SSSR count). The number of aliphatic hydroxyl groups is 1. The monoisotopic (exact) mass is 417 g/mol. The fourth-order valence-electron chi connectivity index (χ4n) is 1.63. The lowest BCUT2D eigenvalue weighted by Crippen LogP contribution is -2.44. The first-order chi connectivity index (χ1) is 10.7. The van der Waals surface area contributed by atoms with Gasteiger partial charge in [-0.25, -0.2) is 4.79 Å². The van der Waals surface area contributed by atoms with E-state index in [1.807, 2.05) is 25.1 Å². The van der Waals surface area contributed by atoms with Gasteiger partial charge in [-0.05, 0) is 24.5 Å². The molecule has 22 heavy (non-hydrogen) atoms. The lowest BCUT2D eigenvalue weighted by Gasteiger charge is -2.26. The van der Waals surface area contributed by atoms with Gasteiger partial charge in [-0.2, -0.15) is 0 Å². The second-order valence-electron chi connectivity index (χ2n) is 4.43. The average molecular weight is 417 g/mol. The van der Waals surface area contributed by atoms with Crippen LogP contribution in [0.3, 0.4) is 0 Å². The first kappa shape index (κ1) is 18.6. The molecule has 1 unspecified atom stereocenters. The summed E-state index contributed by atoms with van der Waals surface area (Å²) in [6, 6.07) is 9.12. The van der Waals surface area contributed by atoms with E-state index in [9.17, 15) is 9.90 Å². The van der Waals surface area contributed by atoms with Crippen LogP contribution in [0.1, 0.15) is 19.8 Å². The van der Waals surface area contributed by atoms with Crippen molar-refractivity contribution in [2.75, 3.05) is 17.6 Å². The van der Waals surface area contributed by atoms with Gasteiger partial charge in [0.2, 0.25) is 0 Å². The molecule has 0 saturated heterocycles. The Hall–Kier alpha value is -1.46. The van der Waals surface area contributed by atoms with E-state index < -0.39 is 12.3 Å². The number of para-hydroxylation sites is 1. The molecule has 1 atom stereocenters. The van der Waals surface area contributed by atoms with Crippen LogP contribution in [-0.2, 0) is 4.74 Å². The molecule has 0 aliphatic heterocycles. The minimum Gasteiger partial charge on any atom is -0.489 e. The number of amides is 1. The highest BCUT2D eigenvalue weighted by Crippen LogP contribution is 2.10. The lowest BCUT2D eigenvalue weighted by molar-refractivity contribution is -0.0173. The fourth-order valence-corrected chi connectivity index (χ4v) is 1.79. The Labute approximate surface area is 144 Å². The van der Waals surface area contributed by atoms with Gasteiger partial charge in [0.15, 0.2) is 6.23 Å². The number of hydrogen-bond acceptors (Lipinski definition) is 4. The Morgan fingerprint density at radius 3 is 2.77 bits per heavy atom. The van der Waals surface area contributed by atoms with Gasteiger partial charge in [0.05, 0.1) is 4.43 Å². The molecule has 0 aromatic heterocycles. The van der Waals surface area contributed by atoms with Crippen LogP contribution in [-0.4, -0.2) is 39.9 Å². The maximum atomic E-state index is 12.0. The smallest absolute Gasteiger partial charge is 0.426 e. The highest BCUT2D eigenvalue weighted by Gasteiger charge is 2.23. The van der Waals surface area contributed by atoms with E-state index >= 15 is 0 Å². The zero-order valence-corrected chi connectivity index (χ0v) is 14.7. The molecule has 0 spiro atoms. The van der Waals surface area contributed by atoms with Crippen molar-refractivity contribution in [3.05, 3.63) is 30.3 Å². The number of carbonyl (C=O) groups excluding carboxylic acids is 1. The molecule has 0 aliphatic rings. The molecule has 0 fully saturated rings. The summed E-state index contributed by atoms with van der Waals surface area (Å²) in [6.07, 6.45) is 2.24. The van der Waals surface area contributed by atoms with E-state index in [0.717, 1.165) is 12.8 Å². The van der Waals surface area contributed by atoms with E-state index in [1.54, 1.807) is 12.1 Å². The van der Waals surface area contributed by atoms with Gasteiger partial charge in [0, 0.05) is 6.54 Å². The van der Waals surface area contributed by atoms with E-state index in [2.05, 4.69) is 34.6 Å². The molecule has 0 saturated carbocycles. The third-order valence-electron chi connectivity index (χ3n) is 2.77. The lowest BCUT2D eigenvalue weighted by atomic mass is 10.3. The third-order valence-corrected chi connectivity index (χ3v) is 3.15. The Kier molecular flexibility index (Phi) is 9.42. The zero-order valence-electron chi connectivity index (χ0n) is 12.5. The quantitative estimate of drug-likeness (QED) is 0.321. The first-order valence-electron chi connectivity index (χ1n) is 7.06. The minimum absolute atomic E-state index is 0.0253. The summed E-state index contributed by atoms with van der Waals surface area (Å²) in [5.74, 6) is 3.28. The van der Waals surface area contributed by atoms with Gasteiger partial charge in [-0.15, -0.1) is 0 Å². The normalized spacial score (nSPS) is 11.0. The topological polar surface area (TPSA) is 59.0 Å². The van der Waals surface area contributed by atoms with Crippen LogP contribution in [0.5, 0.6) is 5.75 Å². The molecule has 0 aliphatic carbocycles. The van der Waals surface area contributed by atoms with E-state index in [1.165, 1.54) is 4.90 Å². The van der Waals surface area contributed by atoms with Gasteiger partial charge >= 0.3 is 6.09 Å². The van der Waals surface area contributed by atoms with Crippen molar-refractivity contribution in [2.24, 2.45) is 0 Å². The number of carbonyl (C=O) groups is 1. The first-order valence-corrected chi connectivity index (χ1v) is 8.58. The zero-order chi connectivity index (χ0) is 16.2. The summed E-state index contributed by atoms with van der Waals surface area (Å²) in [7, 11) is 0. The molecule has 5 nitrogen and oxygen atoms in total. The van der Waals surface area contributed by atoms with Gasteiger partial charge in [0.25, 0.3) is 0 Å². The molecule has 0 heterocycles. The standard InChI is InChI=1S/C16H20INO4/c1-2-3-11-18(16(20)21-12-7-10-17)15(19)13-22-14-8-5-4-6-9-14/h4-6,8-9,15,19H,2-3,10-11,13H2,1H3. The van der Waals surface area contributed by atoms with E-state index in [4.69, 9.17) is 9.47 Å². The van der Waals surface area contributed by atoms with Crippen molar-refractivity contribution in [3.8, 4) is 17.8 Å². The molecule has 0 bridgehead atoms. The summed E-state index contributed by atoms with van der Waals surface area (Å²) < 4.78 is 10.9. The van der Waals surface area contributed by atoms with Gasteiger partial charge in [-0.1, -0.05) is 54.1 Å². The van der Waals surface area contributed by atoms with Crippen molar-refractivity contribution in [1.29, 1.82) is 0 Å². The summed E-state index contributed by atoms with van der Waals surface area (Å²) in [5, 5.41) is 10.2. The molecule has 1 amide bonds. The minimum atomic E-state index is -1.08. The van der Waals surface area contributed by atoms with E-state index in [-0.39, 0.29) is 6.61 Å². The van der Waals surface area contributed by atoms with Crippen molar-refractivity contribution < 1.29 is 19.4 Å². The molecule has 6 heteroatoms. The molecule has 120 valence electrons. The molecular weight excluding hydrogens is 397 g/mol. The van der Waals surface area contributed by atoms with Crippen molar-refractivity contribution in [2.45, 2.75) is 26.0 Å². The third kappa shape index (κ3) is 7.00. The molecule has 1 aromatic rings. The van der Waals surface area contributed by atoms with E-state index in [0.29, 0.717) is 16.7 Å². The van der Waals surface area contributed by atoms with Crippen LogP contribution >= 0.6 is 22.6 Å². The SMILES string of the molecule is CCCCN(C(=O)OC#CCI)C(O)COc1ccccc1. The Morgan fingerprint density at radius 2 is 2.14 bits per heavy atom. The number of ether oxygens (including phenoxy) is 2. The fraction of sp³-hybridized carbons (Fsp3) is 0.438. The summed E-state index contributed by atoms with van der Waals surface area (Å²) >= 11 is 2.06. The Balaban J connectivity index is 2.58. The second-order valence-corrected chi connectivity index (χ2v) is 5.19. The van der Waals surface area contributed by atoms with Gasteiger partial charge in [0.1, 0.15) is 18.5 Å². The van der Waals surface area contributed by atoms with Crippen molar-refractivity contribution >= 4 is 28.7 Å². The Bertz CT molecular complexity index is 498. The molecule has 1 aromatic carbocycles. The number of benzene rings is 1. The van der Waals surface area contributed by atoms with Gasteiger partial charge < -0.3 is 14.6 Å². The summed E-state index contributed by atoms with van der Waals surface area (Å²) in [4.78, 5) is 13.2. The highest BCUT2D eigenvalue weighted by atomic mass is 127. The number of alkyl halides is 1. The average Bonchev–Trinajstić information content (AvgIpc) is 2.54. The van der Waals surface area contributed by atoms with Crippen molar-refractivity contribution in [3.63, 3.8) is 0 Å². The molecule has 0 radical (unpaired) electrons. The highest BCUT2D eigenvalue weighted by molar-refractivity contribution is 14.1. The van der Waals surface area contributed by atoms with Crippen LogP contribution in [0.15, 0.2) is 30.3 Å². The van der Waals surface area contributed by atoms with Gasteiger partial charge in [-0.3, -0.25) is 4.90 Å². The number of nitrogens with zero attached hydrogens (tertiary/aromatic N) is 1. The predicted molar refractivity (Wildman–Crippen MR) is 92.7 cm³/mol. The van der Waals surface area contributed by atoms with Crippen LogP contribution in [0.2, 0.25) is 0 Å². The van der Waals surface area contributed by atoms with Crippen LogP contribution in [0, 0.1) is 12.0 Å². The maximum Gasteiger partial charge on any atom is 0.426 e. The molecule has 1 N–H and O–H groups in total. The number of rotatable bonds is 7. The second kappa shape index (κ2) is 11.2. The number of aliphatic hydroxyl groups excluding tert-OH is 1. The number of unbranched alkanes of at least 4 members (excludes halogenated alkanes) is 1. The predicted octanol–water partition coefficient (Wildman–Crippen LogP) is 3.02. The largest absolute Gasteiger partial charge is 0.489 e. The van der Waals surface area contributed by atoms with Crippen molar-refractivity contribution in [1.82, 2.24) is 4.90 Å². The van der Waals surface area contributed by atoms with Crippen LogP contribution < -0.4 is 4.74 Å². The van der Waals surface area contributed by atoms with Crippen LogP contribution in [0.4, 0.5) is 4.79 Å². The number of halogens is 1.